The predicted molar refractivity (Wildman–Crippen MR) is 91.2 cm³/mol. The predicted octanol–water partition coefficient (Wildman–Crippen LogP) is 0.511. The van der Waals surface area contributed by atoms with Crippen molar-refractivity contribution in [1.29, 1.82) is 0 Å². The van der Waals surface area contributed by atoms with Crippen LogP contribution in [0.3, 0.4) is 0 Å². The minimum absolute atomic E-state index is 0.00388. The van der Waals surface area contributed by atoms with Crippen LogP contribution in [0.15, 0.2) is 24.4 Å². The minimum atomic E-state index is -0.292. The summed E-state index contributed by atoms with van der Waals surface area (Å²) in [6.45, 7) is 4.90. The molecule has 2 aliphatic heterocycles. The molecule has 2 fully saturated rings. The van der Waals surface area contributed by atoms with Crippen molar-refractivity contribution in [2.75, 3.05) is 32.7 Å². The fourth-order valence-corrected chi connectivity index (χ4v) is 3.49. The second-order valence-electron chi connectivity index (χ2n) is 6.68. The summed E-state index contributed by atoms with van der Waals surface area (Å²) in [5.41, 5.74) is 0.829. The van der Waals surface area contributed by atoms with Crippen LogP contribution >= 0.6 is 0 Å². The summed E-state index contributed by atoms with van der Waals surface area (Å²) >= 11 is 0. The number of amides is 3. The lowest BCUT2D eigenvalue weighted by atomic mass is 10.1. The van der Waals surface area contributed by atoms with Gasteiger partial charge in [0.1, 0.15) is 0 Å². The molecule has 0 radical (unpaired) electrons. The number of pyridine rings is 1. The number of hydrogen-bond donors (Lipinski definition) is 0. The molecule has 0 bridgehead atoms. The van der Waals surface area contributed by atoms with E-state index in [1.807, 2.05) is 23.1 Å². The van der Waals surface area contributed by atoms with Gasteiger partial charge in [-0.3, -0.25) is 19.4 Å². The fraction of sp³-hybridized carbons (Fsp3) is 0.556. The van der Waals surface area contributed by atoms with Crippen molar-refractivity contribution < 1.29 is 14.4 Å². The Morgan fingerprint density at radius 1 is 1.16 bits per heavy atom. The molecule has 1 aromatic heterocycles. The van der Waals surface area contributed by atoms with Crippen LogP contribution in [0.1, 0.15) is 25.5 Å². The first-order chi connectivity index (χ1) is 12.0. The Balaban J connectivity index is 1.58. The highest BCUT2D eigenvalue weighted by Gasteiger charge is 2.37. The lowest BCUT2D eigenvalue weighted by molar-refractivity contribution is -0.136. The van der Waals surface area contributed by atoms with E-state index >= 15 is 0 Å². The molecule has 134 valence electrons. The molecule has 2 aliphatic rings. The van der Waals surface area contributed by atoms with E-state index in [0.717, 1.165) is 12.1 Å². The first kappa shape index (κ1) is 17.4. The zero-order valence-corrected chi connectivity index (χ0v) is 14.6. The maximum absolute atomic E-state index is 12.8. The smallest absolute Gasteiger partial charge is 0.228 e. The maximum atomic E-state index is 12.8. The summed E-state index contributed by atoms with van der Waals surface area (Å²) in [4.78, 5) is 46.1. The largest absolute Gasteiger partial charge is 0.341 e. The number of rotatable bonds is 3. The third-order valence-corrected chi connectivity index (χ3v) is 4.90. The van der Waals surface area contributed by atoms with Crippen molar-refractivity contribution in [3.05, 3.63) is 30.1 Å². The Morgan fingerprint density at radius 2 is 1.92 bits per heavy atom. The van der Waals surface area contributed by atoms with E-state index in [1.165, 1.54) is 0 Å². The molecule has 3 amide bonds. The van der Waals surface area contributed by atoms with Crippen LogP contribution in [0.25, 0.3) is 0 Å². The highest BCUT2D eigenvalue weighted by molar-refractivity contribution is 5.89. The third kappa shape index (κ3) is 4.15. The fourth-order valence-electron chi connectivity index (χ4n) is 3.49. The van der Waals surface area contributed by atoms with E-state index < -0.39 is 0 Å². The summed E-state index contributed by atoms with van der Waals surface area (Å²) < 4.78 is 0. The lowest BCUT2D eigenvalue weighted by Crippen LogP contribution is -2.40. The van der Waals surface area contributed by atoms with Crippen LogP contribution in [0.2, 0.25) is 0 Å². The highest BCUT2D eigenvalue weighted by atomic mass is 16.2. The molecule has 1 aromatic rings. The second kappa shape index (κ2) is 7.63. The van der Waals surface area contributed by atoms with E-state index in [4.69, 9.17) is 0 Å². The lowest BCUT2D eigenvalue weighted by Gasteiger charge is -2.24. The van der Waals surface area contributed by atoms with E-state index in [1.54, 1.807) is 22.9 Å². The molecule has 1 atom stereocenters. The van der Waals surface area contributed by atoms with E-state index in [2.05, 4.69) is 4.98 Å². The number of aromatic nitrogens is 1. The van der Waals surface area contributed by atoms with Gasteiger partial charge in [0.15, 0.2) is 0 Å². The Hall–Kier alpha value is -2.44. The zero-order valence-electron chi connectivity index (χ0n) is 14.6. The van der Waals surface area contributed by atoms with Crippen molar-refractivity contribution in [1.82, 2.24) is 19.7 Å². The molecule has 25 heavy (non-hydrogen) atoms. The number of carbonyl (C=O) groups is 3. The Labute approximate surface area is 147 Å². The summed E-state index contributed by atoms with van der Waals surface area (Å²) in [7, 11) is 0. The molecule has 3 rings (SSSR count). The quantitative estimate of drug-likeness (QED) is 0.801. The van der Waals surface area contributed by atoms with Crippen LogP contribution in [0.4, 0.5) is 0 Å². The van der Waals surface area contributed by atoms with E-state index in [9.17, 15) is 14.4 Å². The Bertz CT molecular complexity index is 649. The monoisotopic (exact) mass is 344 g/mol. The molecule has 7 heteroatoms. The molecule has 0 spiro atoms. The second-order valence-corrected chi connectivity index (χ2v) is 6.68. The maximum Gasteiger partial charge on any atom is 0.228 e. The minimum Gasteiger partial charge on any atom is -0.341 e. The summed E-state index contributed by atoms with van der Waals surface area (Å²) in [5.74, 6) is -0.210. The average Bonchev–Trinajstić information content (AvgIpc) is 2.82. The SMILES string of the molecule is CC(=O)N1CCCN(C(=O)[C@H]2CC(=O)N(Cc3ccccn3)C2)CC1. The van der Waals surface area contributed by atoms with Gasteiger partial charge < -0.3 is 14.7 Å². The van der Waals surface area contributed by atoms with Gasteiger partial charge in [-0.25, -0.2) is 0 Å². The highest BCUT2D eigenvalue weighted by Crippen LogP contribution is 2.22. The first-order valence-electron chi connectivity index (χ1n) is 8.76. The van der Waals surface area contributed by atoms with Crippen molar-refractivity contribution in [2.45, 2.75) is 26.3 Å². The topological polar surface area (TPSA) is 73.8 Å². The summed E-state index contributed by atoms with van der Waals surface area (Å²) in [6, 6.07) is 5.61. The Morgan fingerprint density at radius 3 is 2.64 bits per heavy atom. The van der Waals surface area contributed by atoms with Gasteiger partial charge in [-0.2, -0.15) is 0 Å². The van der Waals surface area contributed by atoms with Gasteiger partial charge in [-0.1, -0.05) is 6.07 Å². The molecule has 0 saturated carbocycles. The normalized spacial score (nSPS) is 21.4. The van der Waals surface area contributed by atoms with Gasteiger partial charge in [0.25, 0.3) is 0 Å². The van der Waals surface area contributed by atoms with Gasteiger partial charge in [0.2, 0.25) is 17.7 Å². The van der Waals surface area contributed by atoms with Gasteiger partial charge in [-0.15, -0.1) is 0 Å². The van der Waals surface area contributed by atoms with E-state index in [0.29, 0.717) is 39.3 Å². The number of carbonyl (C=O) groups excluding carboxylic acids is 3. The first-order valence-corrected chi connectivity index (χ1v) is 8.76. The summed E-state index contributed by atoms with van der Waals surface area (Å²) in [5, 5.41) is 0. The van der Waals surface area contributed by atoms with Gasteiger partial charge in [0.05, 0.1) is 18.2 Å². The van der Waals surface area contributed by atoms with Crippen LogP contribution in [-0.2, 0) is 20.9 Å². The molecule has 0 unspecified atom stereocenters. The van der Waals surface area contributed by atoms with Crippen LogP contribution in [0.5, 0.6) is 0 Å². The number of nitrogens with zero attached hydrogens (tertiary/aromatic N) is 4. The molecule has 0 aromatic carbocycles. The Kier molecular flexibility index (Phi) is 5.31. The van der Waals surface area contributed by atoms with Crippen molar-refractivity contribution in [3.63, 3.8) is 0 Å². The van der Waals surface area contributed by atoms with Crippen molar-refractivity contribution >= 4 is 17.7 Å². The van der Waals surface area contributed by atoms with Crippen LogP contribution < -0.4 is 0 Å². The van der Waals surface area contributed by atoms with Crippen molar-refractivity contribution in [2.24, 2.45) is 5.92 Å². The zero-order chi connectivity index (χ0) is 17.8. The molecule has 2 saturated heterocycles. The summed E-state index contributed by atoms with van der Waals surface area (Å²) in [6.07, 6.45) is 2.75. The molecule has 7 nitrogen and oxygen atoms in total. The molecule has 3 heterocycles. The van der Waals surface area contributed by atoms with Crippen molar-refractivity contribution in [3.8, 4) is 0 Å². The third-order valence-electron chi connectivity index (χ3n) is 4.90. The molecule has 0 N–H and O–H groups in total. The van der Waals surface area contributed by atoms with E-state index in [-0.39, 0.29) is 30.1 Å². The average molecular weight is 344 g/mol. The molecule has 0 aliphatic carbocycles. The van der Waals surface area contributed by atoms with Gasteiger partial charge >= 0.3 is 0 Å². The molecular weight excluding hydrogens is 320 g/mol. The standard InChI is InChI=1S/C18H24N4O3/c1-14(23)20-7-4-8-21(10-9-20)18(25)15-11-17(24)22(12-15)13-16-5-2-3-6-19-16/h2-3,5-6,15H,4,7-13H2,1H3/t15-/m0/s1. The van der Waals surface area contributed by atoms with Gasteiger partial charge in [0, 0.05) is 52.3 Å². The van der Waals surface area contributed by atoms with Crippen LogP contribution in [-0.4, -0.2) is 70.1 Å². The number of hydrogen-bond acceptors (Lipinski definition) is 4. The van der Waals surface area contributed by atoms with Crippen LogP contribution in [0, 0.1) is 5.92 Å². The van der Waals surface area contributed by atoms with Gasteiger partial charge in [-0.05, 0) is 18.6 Å². The number of likely N-dealkylation sites (tertiary alicyclic amines) is 1. The molecular formula is C18H24N4O3.